The molecule has 0 amide bonds. The van der Waals surface area contributed by atoms with E-state index in [-0.39, 0.29) is 12.0 Å². The number of carboxylic acid groups (broad SMARTS) is 1. The smallest absolute Gasteiger partial charge is 0.308 e. The van der Waals surface area contributed by atoms with Crippen LogP contribution in [0.15, 0.2) is 0 Å². The Bertz CT molecular complexity index is 348. The first-order valence-electron chi connectivity index (χ1n) is 8.73. The van der Waals surface area contributed by atoms with Gasteiger partial charge in [-0.3, -0.25) is 9.69 Å². The summed E-state index contributed by atoms with van der Waals surface area (Å²) >= 11 is 0. The highest BCUT2D eigenvalue weighted by Gasteiger charge is 2.40. The van der Waals surface area contributed by atoms with Crippen molar-refractivity contribution >= 4 is 5.97 Å². The van der Waals surface area contributed by atoms with E-state index in [9.17, 15) is 9.90 Å². The summed E-state index contributed by atoms with van der Waals surface area (Å²) in [5.74, 6) is -0.0312. The number of rotatable bonds is 4. The lowest BCUT2D eigenvalue weighted by atomic mass is 9.76. The van der Waals surface area contributed by atoms with Gasteiger partial charge in [-0.1, -0.05) is 20.3 Å². The van der Waals surface area contributed by atoms with Crippen LogP contribution >= 0.6 is 0 Å². The third kappa shape index (κ3) is 3.98. The lowest BCUT2D eigenvalue weighted by Crippen LogP contribution is -2.52. The monoisotopic (exact) mass is 296 g/mol. The molecule has 2 rings (SSSR count). The van der Waals surface area contributed by atoms with E-state index in [0.717, 1.165) is 51.7 Å². The summed E-state index contributed by atoms with van der Waals surface area (Å²) in [7, 11) is 2.19. The highest BCUT2D eigenvalue weighted by Crippen LogP contribution is 2.36. The molecule has 1 N–H and O–H groups in total. The standard InChI is InChI=1S/C17H32N2O2/c1-4-13-7-8-15(17(20)21)16(11-13)19-10-6-9-18(3)12-14(19)5-2/h13-16H,4-12H2,1-3H3,(H,20,21). The molecule has 4 unspecified atom stereocenters. The summed E-state index contributed by atoms with van der Waals surface area (Å²) in [6.07, 6.45) is 6.49. The number of carboxylic acids is 1. The predicted molar refractivity (Wildman–Crippen MR) is 85.4 cm³/mol. The maximum Gasteiger partial charge on any atom is 0.308 e. The fourth-order valence-corrected chi connectivity index (χ4v) is 4.32. The minimum absolute atomic E-state index is 0.162. The van der Waals surface area contributed by atoms with Crippen LogP contribution in [0.25, 0.3) is 0 Å². The van der Waals surface area contributed by atoms with Gasteiger partial charge in [0.2, 0.25) is 0 Å². The molecule has 1 aliphatic heterocycles. The van der Waals surface area contributed by atoms with Crippen LogP contribution in [0.5, 0.6) is 0 Å². The highest BCUT2D eigenvalue weighted by atomic mass is 16.4. The quantitative estimate of drug-likeness (QED) is 0.866. The summed E-state index contributed by atoms with van der Waals surface area (Å²) < 4.78 is 0. The van der Waals surface area contributed by atoms with E-state index in [1.54, 1.807) is 0 Å². The number of hydrogen-bond donors (Lipinski definition) is 1. The lowest BCUT2D eigenvalue weighted by Gasteiger charge is -2.44. The summed E-state index contributed by atoms with van der Waals surface area (Å²) in [5.41, 5.74) is 0. The van der Waals surface area contributed by atoms with E-state index < -0.39 is 5.97 Å². The minimum atomic E-state index is -0.581. The van der Waals surface area contributed by atoms with Crippen LogP contribution < -0.4 is 0 Å². The normalized spacial score (nSPS) is 36.3. The highest BCUT2D eigenvalue weighted by molar-refractivity contribution is 5.71. The molecule has 0 aromatic carbocycles. The Morgan fingerprint density at radius 2 is 1.95 bits per heavy atom. The molecular formula is C17H32N2O2. The van der Waals surface area contributed by atoms with Gasteiger partial charge in [0.1, 0.15) is 0 Å². The minimum Gasteiger partial charge on any atom is -0.481 e. The molecule has 4 heteroatoms. The molecular weight excluding hydrogens is 264 g/mol. The first kappa shape index (κ1) is 16.8. The van der Waals surface area contributed by atoms with Gasteiger partial charge in [-0.05, 0) is 51.6 Å². The van der Waals surface area contributed by atoms with Gasteiger partial charge in [0.15, 0.2) is 0 Å². The Kier molecular flexibility index (Phi) is 6.06. The SMILES string of the molecule is CCC1CCC(C(=O)O)C(N2CCCN(C)CC2CC)C1. The molecule has 21 heavy (non-hydrogen) atoms. The second-order valence-corrected chi connectivity index (χ2v) is 7.02. The van der Waals surface area contributed by atoms with Gasteiger partial charge in [0.05, 0.1) is 5.92 Å². The van der Waals surface area contributed by atoms with Crippen LogP contribution in [-0.4, -0.2) is 59.6 Å². The van der Waals surface area contributed by atoms with Crippen LogP contribution in [0.4, 0.5) is 0 Å². The molecule has 4 nitrogen and oxygen atoms in total. The number of likely N-dealkylation sites (N-methyl/N-ethyl adjacent to an activating group) is 1. The van der Waals surface area contributed by atoms with Crippen molar-refractivity contribution in [1.29, 1.82) is 0 Å². The molecule has 2 aliphatic rings. The molecule has 0 radical (unpaired) electrons. The molecule has 0 aromatic rings. The van der Waals surface area contributed by atoms with Crippen molar-refractivity contribution in [3.05, 3.63) is 0 Å². The second kappa shape index (κ2) is 7.59. The lowest BCUT2D eigenvalue weighted by molar-refractivity contribution is -0.147. The van der Waals surface area contributed by atoms with Gasteiger partial charge in [-0.25, -0.2) is 0 Å². The van der Waals surface area contributed by atoms with Gasteiger partial charge in [-0.2, -0.15) is 0 Å². The number of nitrogens with zero attached hydrogens (tertiary/aromatic N) is 2. The fourth-order valence-electron chi connectivity index (χ4n) is 4.32. The Labute approximate surface area is 129 Å². The predicted octanol–water partition coefficient (Wildman–Crippen LogP) is 2.68. The molecule has 1 heterocycles. The molecule has 122 valence electrons. The maximum absolute atomic E-state index is 11.7. The topological polar surface area (TPSA) is 43.8 Å². The van der Waals surface area contributed by atoms with Crippen molar-refractivity contribution < 1.29 is 9.90 Å². The van der Waals surface area contributed by atoms with E-state index in [0.29, 0.717) is 12.0 Å². The Hall–Kier alpha value is -0.610. The van der Waals surface area contributed by atoms with E-state index >= 15 is 0 Å². The average Bonchev–Trinajstić information content (AvgIpc) is 2.67. The van der Waals surface area contributed by atoms with Gasteiger partial charge in [0.25, 0.3) is 0 Å². The van der Waals surface area contributed by atoms with Gasteiger partial charge in [-0.15, -0.1) is 0 Å². The molecule has 4 atom stereocenters. The number of carbonyl (C=O) groups is 1. The van der Waals surface area contributed by atoms with E-state index in [1.165, 1.54) is 6.42 Å². The Morgan fingerprint density at radius 1 is 1.19 bits per heavy atom. The van der Waals surface area contributed by atoms with Crippen molar-refractivity contribution in [2.24, 2.45) is 11.8 Å². The van der Waals surface area contributed by atoms with Crippen LogP contribution in [0.2, 0.25) is 0 Å². The summed E-state index contributed by atoms with van der Waals surface area (Å²) in [4.78, 5) is 16.7. The summed E-state index contributed by atoms with van der Waals surface area (Å²) in [6, 6.07) is 0.762. The van der Waals surface area contributed by atoms with Crippen molar-refractivity contribution in [2.45, 2.75) is 64.5 Å². The van der Waals surface area contributed by atoms with Crippen molar-refractivity contribution in [3.63, 3.8) is 0 Å². The Balaban J connectivity index is 2.17. The average molecular weight is 296 g/mol. The summed E-state index contributed by atoms with van der Waals surface area (Å²) in [5, 5.41) is 9.64. The molecule has 0 aromatic heterocycles. The van der Waals surface area contributed by atoms with Crippen molar-refractivity contribution in [1.82, 2.24) is 9.80 Å². The number of aliphatic carboxylic acids is 1. The maximum atomic E-state index is 11.7. The van der Waals surface area contributed by atoms with E-state index in [2.05, 4.69) is 30.7 Å². The molecule has 0 bridgehead atoms. The Morgan fingerprint density at radius 3 is 2.57 bits per heavy atom. The van der Waals surface area contributed by atoms with Crippen molar-refractivity contribution in [3.8, 4) is 0 Å². The summed E-state index contributed by atoms with van der Waals surface area (Å²) in [6.45, 7) is 7.77. The third-order valence-corrected chi connectivity index (χ3v) is 5.66. The third-order valence-electron chi connectivity index (χ3n) is 5.66. The van der Waals surface area contributed by atoms with Crippen LogP contribution in [0.1, 0.15) is 52.4 Å². The molecule has 0 spiro atoms. The largest absolute Gasteiger partial charge is 0.481 e. The van der Waals surface area contributed by atoms with Crippen molar-refractivity contribution in [2.75, 3.05) is 26.7 Å². The van der Waals surface area contributed by atoms with E-state index in [4.69, 9.17) is 0 Å². The fraction of sp³-hybridized carbons (Fsp3) is 0.941. The first-order chi connectivity index (χ1) is 10.1. The number of hydrogen-bond acceptors (Lipinski definition) is 3. The molecule has 1 saturated heterocycles. The molecule has 1 saturated carbocycles. The van der Waals surface area contributed by atoms with Gasteiger partial charge in [0, 0.05) is 25.2 Å². The van der Waals surface area contributed by atoms with Crippen LogP contribution in [0, 0.1) is 11.8 Å². The zero-order valence-corrected chi connectivity index (χ0v) is 13.9. The molecule has 1 aliphatic carbocycles. The zero-order valence-electron chi connectivity index (χ0n) is 13.9. The second-order valence-electron chi connectivity index (χ2n) is 7.02. The van der Waals surface area contributed by atoms with Gasteiger partial charge < -0.3 is 10.0 Å². The molecule has 2 fully saturated rings. The van der Waals surface area contributed by atoms with E-state index in [1.807, 2.05) is 0 Å². The van der Waals surface area contributed by atoms with Crippen LogP contribution in [0.3, 0.4) is 0 Å². The van der Waals surface area contributed by atoms with Crippen LogP contribution in [-0.2, 0) is 4.79 Å². The first-order valence-corrected chi connectivity index (χ1v) is 8.73. The zero-order chi connectivity index (χ0) is 15.4. The van der Waals surface area contributed by atoms with Gasteiger partial charge >= 0.3 is 5.97 Å².